The third kappa shape index (κ3) is 6.30. The maximum absolute atomic E-state index is 11.7. The Morgan fingerprint density at radius 3 is 3.00 bits per heavy atom. The fourth-order valence-corrected chi connectivity index (χ4v) is 3.97. The first-order valence-corrected chi connectivity index (χ1v) is 10.1. The zero-order valence-electron chi connectivity index (χ0n) is 13.5. The van der Waals surface area contributed by atoms with Crippen LogP contribution in [-0.2, 0) is 16.0 Å². The summed E-state index contributed by atoms with van der Waals surface area (Å²) in [6.07, 6.45) is 6.07. The van der Waals surface area contributed by atoms with E-state index in [0.29, 0.717) is 19.4 Å². The lowest BCUT2D eigenvalue weighted by molar-refractivity contribution is -0.143. The highest BCUT2D eigenvalue weighted by atomic mass is 32.2. The van der Waals surface area contributed by atoms with Gasteiger partial charge in [-0.2, -0.15) is 23.1 Å². The van der Waals surface area contributed by atoms with Gasteiger partial charge in [0.05, 0.1) is 24.3 Å². The van der Waals surface area contributed by atoms with Crippen LogP contribution < -0.4 is 0 Å². The first-order valence-electron chi connectivity index (χ1n) is 8.02. The van der Waals surface area contributed by atoms with Crippen molar-refractivity contribution in [1.82, 2.24) is 4.90 Å². The van der Waals surface area contributed by atoms with Crippen LogP contribution in [0, 0.1) is 0 Å². The molecule has 0 radical (unpaired) electrons. The molecule has 1 aromatic rings. The van der Waals surface area contributed by atoms with E-state index in [0.717, 1.165) is 24.2 Å². The van der Waals surface area contributed by atoms with Crippen LogP contribution >= 0.6 is 23.1 Å². The number of hydrogen-bond donors (Lipinski definition) is 2. The van der Waals surface area contributed by atoms with Crippen molar-refractivity contribution in [3.8, 4) is 0 Å². The van der Waals surface area contributed by atoms with Crippen molar-refractivity contribution >= 4 is 35.0 Å². The Bertz CT molecular complexity index is 559. The fraction of sp³-hybridized carbons (Fsp3) is 0.529. The third-order valence-electron chi connectivity index (χ3n) is 3.85. The Kier molecular flexibility index (Phi) is 7.81. The van der Waals surface area contributed by atoms with Crippen molar-refractivity contribution in [2.45, 2.75) is 37.8 Å². The van der Waals surface area contributed by atoms with Gasteiger partial charge in [0.25, 0.3) is 0 Å². The van der Waals surface area contributed by atoms with Gasteiger partial charge in [0.1, 0.15) is 0 Å². The zero-order valence-corrected chi connectivity index (χ0v) is 15.1. The van der Waals surface area contributed by atoms with Gasteiger partial charge < -0.3 is 15.1 Å². The van der Waals surface area contributed by atoms with E-state index in [1.807, 2.05) is 27.8 Å². The lowest BCUT2D eigenvalue weighted by Crippen LogP contribution is -2.51. The average Bonchev–Trinajstić information content (AvgIpc) is 3.02. The standard InChI is InChI=1S/C17H23NO4S2/c19-15(9-13-5-8-24-11-13)4-3-14-10-16(20)18(14)6-1-2-7-23-12-17(21)22/h3-5,8,11,14-15,19H,1-2,6-7,9-10,12H2,(H,21,22)/b4-3+/t14-,15?/m0/s1. The summed E-state index contributed by atoms with van der Waals surface area (Å²) in [7, 11) is 0. The van der Waals surface area contributed by atoms with Gasteiger partial charge in [0, 0.05) is 13.0 Å². The molecule has 0 spiro atoms. The normalized spacial score (nSPS) is 18.8. The van der Waals surface area contributed by atoms with Crippen molar-refractivity contribution in [3.05, 3.63) is 34.5 Å². The van der Waals surface area contributed by atoms with Gasteiger partial charge in [0.2, 0.25) is 5.91 Å². The van der Waals surface area contributed by atoms with Gasteiger partial charge >= 0.3 is 5.97 Å². The Balaban J connectivity index is 1.65. The number of unbranched alkanes of at least 4 members (excludes halogenated alkanes) is 1. The molecule has 1 saturated heterocycles. The second-order valence-electron chi connectivity index (χ2n) is 5.80. The molecular weight excluding hydrogens is 346 g/mol. The molecule has 132 valence electrons. The van der Waals surface area contributed by atoms with E-state index in [-0.39, 0.29) is 17.7 Å². The third-order valence-corrected chi connectivity index (χ3v) is 5.61. The van der Waals surface area contributed by atoms with Gasteiger partial charge in [-0.25, -0.2) is 0 Å². The number of β-lactam (4-membered cyclic amide) rings is 1. The van der Waals surface area contributed by atoms with E-state index in [4.69, 9.17) is 5.11 Å². The molecule has 0 bridgehead atoms. The molecule has 0 saturated carbocycles. The summed E-state index contributed by atoms with van der Waals surface area (Å²) < 4.78 is 0. The van der Waals surface area contributed by atoms with Crippen LogP contribution in [-0.4, -0.2) is 57.2 Å². The molecule has 0 aromatic carbocycles. The fourth-order valence-electron chi connectivity index (χ4n) is 2.56. The van der Waals surface area contributed by atoms with E-state index < -0.39 is 12.1 Å². The zero-order chi connectivity index (χ0) is 17.4. The second kappa shape index (κ2) is 9.86. The minimum Gasteiger partial charge on any atom is -0.481 e. The molecule has 2 N–H and O–H groups in total. The first-order chi connectivity index (χ1) is 11.6. The summed E-state index contributed by atoms with van der Waals surface area (Å²) in [6, 6.07) is 2.09. The van der Waals surface area contributed by atoms with Gasteiger partial charge in [-0.1, -0.05) is 12.2 Å². The van der Waals surface area contributed by atoms with Crippen LogP contribution in [0.1, 0.15) is 24.8 Å². The van der Waals surface area contributed by atoms with Gasteiger partial charge in [-0.15, -0.1) is 0 Å². The summed E-state index contributed by atoms with van der Waals surface area (Å²) in [5.74, 6) is 0.295. The number of thioether (sulfide) groups is 1. The molecule has 1 unspecified atom stereocenters. The summed E-state index contributed by atoms with van der Waals surface area (Å²) in [5.41, 5.74) is 1.12. The number of hydrogen-bond acceptors (Lipinski definition) is 5. The lowest BCUT2D eigenvalue weighted by atomic mass is 9.99. The van der Waals surface area contributed by atoms with Crippen LogP contribution in [0.25, 0.3) is 0 Å². The van der Waals surface area contributed by atoms with Crippen molar-refractivity contribution < 1.29 is 19.8 Å². The Morgan fingerprint density at radius 1 is 1.50 bits per heavy atom. The second-order valence-corrected chi connectivity index (χ2v) is 7.69. The lowest BCUT2D eigenvalue weighted by Gasteiger charge is -2.39. The number of nitrogens with zero attached hydrogens (tertiary/aromatic N) is 1. The summed E-state index contributed by atoms with van der Waals surface area (Å²) >= 11 is 3.02. The number of aliphatic hydroxyl groups is 1. The Labute approximate surface area is 150 Å². The van der Waals surface area contributed by atoms with E-state index in [9.17, 15) is 14.7 Å². The summed E-state index contributed by atoms with van der Waals surface area (Å²) in [6.45, 7) is 0.697. The highest BCUT2D eigenvalue weighted by molar-refractivity contribution is 7.99. The van der Waals surface area contributed by atoms with Gasteiger partial charge in [-0.3, -0.25) is 9.59 Å². The number of carbonyl (C=O) groups is 2. The Hall–Kier alpha value is -1.31. The number of carbonyl (C=O) groups excluding carboxylic acids is 1. The molecule has 1 aliphatic heterocycles. The summed E-state index contributed by atoms with van der Waals surface area (Å²) in [4.78, 5) is 23.9. The van der Waals surface area contributed by atoms with Crippen molar-refractivity contribution in [1.29, 1.82) is 0 Å². The molecule has 0 aliphatic carbocycles. The topological polar surface area (TPSA) is 77.8 Å². The molecular formula is C17H23NO4S2. The largest absolute Gasteiger partial charge is 0.481 e. The number of carboxylic acid groups (broad SMARTS) is 1. The SMILES string of the molecule is O=C(O)CSCCCCN1C(=O)C[C@@H]1/C=C/C(O)Cc1ccsc1. The van der Waals surface area contributed by atoms with Crippen LogP contribution in [0.3, 0.4) is 0 Å². The van der Waals surface area contributed by atoms with E-state index in [1.165, 1.54) is 11.8 Å². The molecule has 24 heavy (non-hydrogen) atoms. The molecule has 2 heterocycles. The first kappa shape index (κ1) is 19.0. The van der Waals surface area contributed by atoms with Crippen LogP contribution in [0.5, 0.6) is 0 Å². The monoisotopic (exact) mass is 369 g/mol. The number of aliphatic carboxylic acids is 1. The quantitative estimate of drug-likeness (QED) is 0.356. The number of likely N-dealkylation sites (tertiary alicyclic amines) is 1. The summed E-state index contributed by atoms with van der Waals surface area (Å²) in [5, 5.41) is 22.6. The predicted molar refractivity (Wildman–Crippen MR) is 97.5 cm³/mol. The molecule has 2 rings (SSSR count). The number of aliphatic hydroxyl groups excluding tert-OH is 1. The average molecular weight is 370 g/mol. The van der Waals surface area contributed by atoms with Crippen LogP contribution in [0.2, 0.25) is 0 Å². The minimum atomic E-state index is -0.788. The number of rotatable bonds is 11. The van der Waals surface area contributed by atoms with Crippen molar-refractivity contribution in [2.75, 3.05) is 18.1 Å². The molecule has 7 heteroatoms. The molecule has 1 aromatic heterocycles. The highest BCUT2D eigenvalue weighted by Crippen LogP contribution is 2.22. The van der Waals surface area contributed by atoms with E-state index in [1.54, 1.807) is 17.4 Å². The van der Waals surface area contributed by atoms with Crippen LogP contribution in [0.4, 0.5) is 0 Å². The van der Waals surface area contributed by atoms with E-state index in [2.05, 4.69) is 0 Å². The van der Waals surface area contributed by atoms with E-state index >= 15 is 0 Å². The molecule has 1 amide bonds. The van der Waals surface area contributed by atoms with Crippen molar-refractivity contribution in [3.63, 3.8) is 0 Å². The molecule has 2 atom stereocenters. The number of thiophene rings is 1. The minimum absolute atomic E-state index is 0.0845. The van der Waals surface area contributed by atoms with Gasteiger partial charge in [-0.05, 0) is 41.0 Å². The Morgan fingerprint density at radius 2 is 2.33 bits per heavy atom. The van der Waals surface area contributed by atoms with Crippen LogP contribution in [0.15, 0.2) is 29.0 Å². The van der Waals surface area contributed by atoms with Gasteiger partial charge in [0.15, 0.2) is 0 Å². The maximum Gasteiger partial charge on any atom is 0.313 e. The molecule has 1 fully saturated rings. The predicted octanol–water partition coefficient (Wildman–Crippen LogP) is 2.41. The smallest absolute Gasteiger partial charge is 0.313 e. The van der Waals surface area contributed by atoms with Crippen molar-refractivity contribution in [2.24, 2.45) is 0 Å². The number of carboxylic acids is 1. The number of amides is 1. The molecule has 1 aliphatic rings. The molecule has 5 nitrogen and oxygen atoms in total. The highest BCUT2D eigenvalue weighted by Gasteiger charge is 2.33. The maximum atomic E-state index is 11.7.